The van der Waals surface area contributed by atoms with Gasteiger partial charge in [0.15, 0.2) is 0 Å². The standard InChI is InChI=1S/C21H23N5O3/c22-2-4-24-20(29)21-7-11-5-12(8-21)16(13(6-11)9-21)26-17-14-1-3-23-18(14)25-10-15(17)19(27)28/h1,3,10-13,16H,4-9H2,(H,24,29)(H,27,28)(H2,23,25,26). The Morgan fingerprint density at radius 2 is 2.07 bits per heavy atom. The van der Waals surface area contributed by atoms with E-state index in [2.05, 4.69) is 20.6 Å². The molecule has 2 unspecified atom stereocenters. The first kappa shape index (κ1) is 18.0. The van der Waals surface area contributed by atoms with E-state index in [0.717, 1.165) is 37.5 Å². The predicted molar refractivity (Wildman–Crippen MR) is 105 cm³/mol. The van der Waals surface area contributed by atoms with Crippen molar-refractivity contribution in [1.82, 2.24) is 15.3 Å². The van der Waals surface area contributed by atoms with Crippen molar-refractivity contribution in [3.8, 4) is 6.07 Å². The van der Waals surface area contributed by atoms with Crippen molar-refractivity contribution in [2.75, 3.05) is 11.9 Å². The zero-order chi connectivity index (χ0) is 20.2. The fraction of sp³-hybridized carbons (Fsp3) is 0.524. The number of carboxylic acid groups (broad SMARTS) is 1. The number of carboxylic acids is 1. The smallest absolute Gasteiger partial charge is 0.339 e. The fourth-order valence-corrected chi connectivity index (χ4v) is 6.34. The lowest BCUT2D eigenvalue weighted by molar-refractivity contribution is -0.147. The molecule has 2 aromatic heterocycles. The largest absolute Gasteiger partial charge is 0.478 e. The minimum atomic E-state index is -1.00. The molecular formula is C21H23N5O3. The Labute approximate surface area is 167 Å². The van der Waals surface area contributed by atoms with Crippen LogP contribution in [0.2, 0.25) is 0 Å². The Morgan fingerprint density at radius 1 is 1.31 bits per heavy atom. The van der Waals surface area contributed by atoms with Crippen LogP contribution in [0.5, 0.6) is 0 Å². The first-order valence-corrected chi connectivity index (χ1v) is 10.1. The van der Waals surface area contributed by atoms with Gasteiger partial charge in [0, 0.05) is 23.8 Å². The van der Waals surface area contributed by atoms with E-state index in [1.165, 1.54) is 6.20 Å². The van der Waals surface area contributed by atoms with Gasteiger partial charge in [-0.1, -0.05) is 0 Å². The van der Waals surface area contributed by atoms with Crippen molar-refractivity contribution in [2.24, 2.45) is 23.2 Å². The van der Waals surface area contributed by atoms with E-state index < -0.39 is 5.97 Å². The van der Waals surface area contributed by atoms with Crippen LogP contribution in [0.3, 0.4) is 0 Å². The number of carbonyl (C=O) groups excluding carboxylic acids is 1. The summed E-state index contributed by atoms with van der Waals surface area (Å²) in [4.78, 5) is 31.9. The van der Waals surface area contributed by atoms with Gasteiger partial charge in [-0.3, -0.25) is 4.79 Å². The normalized spacial score (nSPS) is 32.1. The lowest BCUT2D eigenvalue weighted by Gasteiger charge is -2.59. The highest BCUT2D eigenvalue weighted by Crippen LogP contribution is 2.60. The maximum Gasteiger partial charge on any atom is 0.339 e. The van der Waals surface area contributed by atoms with Gasteiger partial charge in [0.1, 0.15) is 17.8 Å². The maximum absolute atomic E-state index is 12.8. The number of nitriles is 1. The van der Waals surface area contributed by atoms with Crippen LogP contribution < -0.4 is 10.6 Å². The number of hydrogen-bond acceptors (Lipinski definition) is 5. The Kier molecular flexibility index (Phi) is 4.02. The molecule has 29 heavy (non-hydrogen) atoms. The van der Waals surface area contributed by atoms with Crippen LogP contribution in [0.25, 0.3) is 11.0 Å². The van der Waals surface area contributed by atoms with Crippen LogP contribution in [0, 0.1) is 34.5 Å². The van der Waals surface area contributed by atoms with Crippen LogP contribution in [0.1, 0.15) is 42.5 Å². The second-order valence-corrected chi connectivity index (χ2v) is 8.85. The van der Waals surface area contributed by atoms with Gasteiger partial charge in [-0.15, -0.1) is 0 Å². The summed E-state index contributed by atoms with van der Waals surface area (Å²) in [7, 11) is 0. The number of rotatable bonds is 5. The molecule has 2 aromatic rings. The second-order valence-electron chi connectivity index (χ2n) is 8.85. The number of pyridine rings is 1. The highest BCUT2D eigenvalue weighted by molar-refractivity contribution is 6.03. The number of aromatic amines is 1. The van der Waals surface area contributed by atoms with Gasteiger partial charge in [-0.05, 0) is 55.9 Å². The number of aromatic carboxylic acids is 1. The number of fused-ring (bicyclic) bond motifs is 1. The van der Waals surface area contributed by atoms with E-state index in [-0.39, 0.29) is 29.5 Å². The van der Waals surface area contributed by atoms with Gasteiger partial charge in [0.05, 0.1) is 17.2 Å². The quantitative estimate of drug-likeness (QED) is 0.577. The van der Waals surface area contributed by atoms with Crippen molar-refractivity contribution >= 4 is 28.6 Å². The first-order chi connectivity index (χ1) is 14.0. The highest BCUT2D eigenvalue weighted by atomic mass is 16.4. The Bertz CT molecular complexity index is 1020. The Balaban J connectivity index is 1.46. The summed E-state index contributed by atoms with van der Waals surface area (Å²) < 4.78 is 0. The van der Waals surface area contributed by atoms with Crippen molar-refractivity contribution < 1.29 is 14.7 Å². The molecule has 4 fully saturated rings. The SMILES string of the molecule is N#CCNC(=O)C12CC3CC(C1)C(Nc1c(C(=O)O)cnc4[nH]ccc14)C(C3)C2. The van der Waals surface area contributed by atoms with Gasteiger partial charge in [-0.2, -0.15) is 5.26 Å². The third-order valence-electron chi connectivity index (χ3n) is 7.21. The molecule has 4 aliphatic rings. The minimum absolute atomic E-state index is 0.0139. The molecule has 4 saturated carbocycles. The molecule has 1 amide bonds. The summed E-state index contributed by atoms with van der Waals surface area (Å²) in [5.41, 5.74) is 1.08. The lowest BCUT2D eigenvalue weighted by Crippen LogP contribution is -2.60. The molecule has 8 heteroatoms. The van der Waals surface area contributed by atoms with Gasteiger partial charge in [-0.25, -0.2) is 9.78 Å². The van der Waals surface area contributed by atoms with E-state index >= 15 is 0 Å². The monoisotopic (exact) mass is 393 g/mol. The van der Waals surface area contributed by atoms with Crippen LogP contribution in [0.4, 0.5) is 5.69 Å². The molecule has 4 N–H and O–H groups in total. The molecule has 8 nitrogen and oxygen atoms in total. The molecule has 4 aliphatic carbocycles. The van der Waals surface area contributed by atoms with Gasteiger partial charge >= 0.3 is 5.97 Å². The third-order valence-corrected chi connectivity index (χ3v) is 7.21. The summed E-state index contributed by atoms with van der Waals surface area (Å²) in [5.74, 6) is 0.178. The minimum Gasteiger partial charge on any atom is -0.478 e. The Morgan fingerprint density at radius 3 is 2.76 bits per heavy atom. The fourth-order valence-electron chi connectivity index (χ4n) is 6.34. The molecule has 0 aliphatic heterocycles. The van der Waals surface area contributed by atoms with Gasteiger partial charge < -0.3 is 20.7 Å². The number of nitrogens with zero attached hydrogens (tertiary/aromatic N) is 2. The van der Waals surface area contributed by atoms with Gasteiger partial charge in [0.2, 0.25) is 5.91 Å². The summed E-state index contributed by atoms with van der Waals surface area (Å²) in [5, 5.41) is 25.6. The molecule has 0 aromatic carbocycles. The zero-order valence-electron chi connectivity index (χ0n) is 15.9. The van der Waals surface area contributed by atoms with E-state index in [1.807, 2.05) is 12.1 Å². The zero-order valence-corrected chi connectivity index (χ0v) is 15.9. The van der Waals surface area contributed by atoms with Crippen molar-refractivity contribution in [2.45, 2.75) is 38.1 Å². The van der Waals surface area contributed by atoms with E-state index in [1.54, 1.807) is 6.20 Å². The number of anilines is 1. The van der Waals surface area contributed by atoms with E-state index in [9.17, 15) is 14.7 Å². The van der Waals surface area contributed by atoms with E-state index in [0.29, 0.717) is 29.1 Å². The molecule has 150 valence electrons. The topological polar surface area (TPSA) is 131 Å². The molecule has 6 rings (SSSR count). The van der Waals surface area contributed by atoms with Gasteiger partial charge in [0.25, 0.3) is 0 Å². The lowest BCUT2D eigenvalue weighted by atomic mass is 9.47. The molecule has 0 radical (unpaired) electrons. The van der Waals surface area contributed by atoms with Crippen molar-refractivity contribution in [1.29, 1.82) is 5.26 Å². The number of H-pyrrole nitrogens is 1. The summed E-state index contributed by atoms with van der Waals surface area (Å²) in [6, 6.07) is 3.99. The number of nitrogens with one attached hydrogen (secondary N) is 3. The number of hydrogen-bond donors (Lipinski definition) is 4. The molecule has 2 atom stereocenters. The van der Waals surface area contributed by atoms with Crippen molar-refractivity contribution in [3.63, 3.8) is 0 Å². The summed E-state index contributed by atoms with van der Waals surface area (Å²) in [6.45, 7) is 0.0483. The molecular weight excluding hydrogens is 370 g/mol. The van der Waals surface area contributed by atoms with Crippen LogP contribution in [-0.4, -0.2) is 39.5 Å². The first-order valence-electron chi connectivity index (χ1n) is 10.1. The summed E-state index contributed by atoms with van der Waals surface area (Å²) >= 11 is 0. The molecule has 2 heterocycles. The van der Waals surface area contributed by atoms with E-state index in [4.69, 9.17) is 5.26 Å². The maximum atomic E-state index is 12.8. The summed E-state index contributed by atoms with van der Waals surface area (Å²) in [6.07, 6.45) is 7.77. The van der Waals surface area contributed by atoms with Crippen LogP contribution >= 0.6 is 0 Å². The predicted octanol–water partition coefficient (Wildman–Crippen LogP) is 2.51. The molecule has 0 saturated heterocycles. The van der Waals surface area contributed by atoms with Crippen LogP contribution in [-0.2, 0) is 4.79 Å². The van der Waals surface area contributed by atoms with Crippen LogP contribution in [0.15, 0.2) is 18.5 Å². The third kappa shape index (κ3) is 2.76. The Hall–Kier alpha value is -3.08. The average molecular weight is 393 g/mol. The average Bonchev–Trinajstić information content (AvgIpc) is 3.17. The molecule has 0 spiro atoms. The second kappa shape index (κ2) is 6.48. The number of aromatic nitrogens is 2. The number of amides is 1. The molecule has 4 bridgehead atoms. The van der Waals surface area contributed by atoms with Crippen molar-refractivity contribution in [3.05, 3.63) is 24.0 Å². The number of carbonyl (C=O) groups is 2. The highest BCUT2D eigenvalue weighted by Gasteiger charge is 2.58.